The fraction of sp³-hybridized carbons (Fsp3) is 0.857. The largest absolute Gasteiger partial charge is 0.0999 e. The molecule has 0 spiro atoms. The Balaban J connectivity index is 2.95. The fourth-order valence-corrected chi connectivity index (χ4v) is 1.69. The molecule has 0 radical (unpaired) electrons. The highest BCUT2D eigenvalue weighted by Crippen LogP contribution is 2.13. The molecule has 0 aromatic rings. The molecule has 84 valence electrons. The van der Waals surface area contributed by atoms with Crippen molar-refractivity contribution in [3.05, 3.63) is 12.2 Å². The maximum Gasteiger partial charge on any atom is -0.0323 e. The van der Waals surface area contributed by atoms with Crippen LogP contribution >= 0.6 is 0 Å². The zero-order valence-corrected chi connectivity index (χ0v) is 10.3. The SMILES string of the molecule is C=C(CC)CCCCCCCCCC. The van der Waals surface area contributed by atoms with Crippen molar-refractivity contribution in [2.45, 2.75) is 78.1 Å². The molecule has 0 atom stereocenters. The van der Waals surface area contributed by atoms with E-state index in [-0.39, 0.29) is 0 Å². The first-order valence-electron chi connectivity index (χ1n) is 6.47. The van der Waals surface area contributed by atoms with Crippen LogP contribution in [0.25, 0.3) is 0 Å². The van der Waals surface area contributed by atoms with Crippen LogP contribution in [-0.4, -0.2) is 0 Å². The summed E-state index contributed by atoms with van der Waals surface area (Å²) in [7, 11) is 0. The van der Waals surface area contributed by atoms with Gasteiger partial charge in [0.15, 0.2) is 0 Å². The summed E-state index contributed by atoms with van der Waals surface area (Å²) in [5.74, 6) is 0. The first kappa shape index (κ1) is 13.7. The number of unbranched alkanes of at least 4 members (excludes halogenated alkanes) is 7. The van der Waals surface area contributed by atoms with Crippen LogP contribution in [-0.2, 0) is 0 Å². The zero-order valence-electron chi connectivity index (χ0n) is 10.3. The molecule has 0 fully saturated rings. The second-order valence-corrected chi connectivity index (χ2v) is 4.33. The average Bonchev–Trinajstić information content (AvgIpc) is 2.21. The molecule has 0 aliphatic rings. The van der Waals surface area contributed by atoms with Crippen molar-refractivity contribution in [3.8, 4) is 0 Å². The Hall–Kier alpha value is -0.260. The Kier molecular flexibility index (Phi) is 10.6. The lowest BCUT2D eigenvalue weighted by Crippen LogP contribution is -1.82. The Morgan fingerprint density at radius 1 is 0.786 bits per heavy atom. The van der Waals surface area contributed by atoms with Crippen molar-refractivity contribution >= 4 is 0 Å². The summed E-state index contributed by atoms with van der Waals surface area (Å²) in [5.41, 5.74) is 1.43. The summed E-state index contributed by atoms with van der Waals surface area (Å²) in [6, 6.07) is 0. The van der Waals surface area contributed by atoms with Crippen molar-refractivity contribution in [2.75, 3.05) is 0 Å². The topological polar surface area (TPSA) is 0 Å². The van der Waals surface area contributed by atoms with Crippen LogP contribution in [0.2, 0.25) is 0 Å². The van der Waals surface area contributed by atoms with E-state index >= 15 is 0 Å². The molecule has 14 heavy (non-hydrogen) atoms. The van der Waals surface area contributed by atoms with Crippen molar-refractivity contribution < 1.29 is 0 Å². The van der Waals surface area contributed by atoms with Gasteiger partial charge in [-0.2, -0.15) is 0 Å². The molecular formula is C14H28. The van der Waals surface area contributed by atoms with E-state index in [1.54, 1.807) is 0 Å². The Labute approximate surface area is 90.8 Å². The van der Waals surface area contributed by atoms with Gasteiger partial charge >= 0.3 is 0 Å². The van der Waals surface area contributed by atoms with Gasteiger partial charge in [-0.25, -0.2) is 0 Å². The highest BCUT2D eigenvalue weighted by molar-refractivity contribution is 4.91. The van der Waals surface area contributed by atoms with Gasteiger partial charge < -0.3 is 0 Å². The minimum absolute atomic E-state index is 1.16. The number of rotatable bonds is 10. The Bertz CT molecular complexity index is 124. The third-order valence-corrected chi connectivity index (χ3v) is 2.88. The van der Waals surface area contributed by atoms with Gasteiger partial charge in [0, 0.05) is 0 Å². The molecule has 0 saturated heterocycles. The molecule has 0 heteroatoms. The Morgan fingerprint density at radius 2 is 1.29 bits per heavy atom. The minimum Gasteiger partial charge on any atom is -0.0999 e. The average molecular weight is 196 g/mol. The molecule has 0 aromatic heterocycles. The summed E-state index contributed by atoms with van der Waals surface area (Å²) in [6.45, 7) is 8.51. The molecule has 0 nitrogen and oxygen atoms in total. The van der Waals surface area contributed by atoms with Crippen LogP contribution in [0.3, 0.4) is 0 Å². The first-order valence-corrected chi connectivity index (χ1v) is 6.47. The molecule has 0 saturated carbocycles. The van der Waals surface area contributed by atoms with E-state index in [0.717, 1.165) is 6.42 Å². The van der Waals surface area contributed by atoms with Crippen LogP contribution in [0.15, 0.2) is 12.2 Å². The highest BCUT2D eigenvalue weighted by atomic mass is 14.0. The summed E-state index contributed by atoms with van der Waals surface area (Å²) in [6.07, 6.45) is 13.7. The van der Waals surface area contributed by atoms with Crippen molar-refractivity contribution in [3.63, 3.8) is 0 Å². The molecule has 0 N–H and O–H groups in total. The molecule has 0 amide bonds. The third kappa shape index (κ3) is 9.83. The lowest BCUT2D eigenvalue weighted by atomic mass is 10.0. The predicted molar refractivity (Wildman–Crippen MR) is 66.7 cm³/mol. The van der Waals surface area contributed by atoms with Gasteiger partial charge in [-0.15, -0.1) is 0 Å². The van der Waals surface area contributed by atoms with E-state index in [9.17, 15) is 0 Å². The molecule has 0 rings (SSSR count). The molecule has 0 unspecified atom stereocenters. The van der Waals surface area contributed by atoms with Gasteiger partial charge in [0.05, 0.1) is 0 Å². The smallest absolute Gasteiger partial charge is 0.0323 e. The van der Waals surface area contributed by atoms with Crippen LogP contribution in [0, 0.1) is 0 Å². The highest BCUT2D eigenvalue weighted by Gasteiger charge is 1.93. The van der Waals surface area contributed by atoms with Gasteiger partial charge in [0.25, 0.3) is 0 Å². The van der Waals surface area contributed by atoms with E-state index < -0.39 is 0 Å². The second-order valence-electron chi connectivity index (χ2n) is 4.33. The number of hydrogen-bond donors (Lipinski definition) is 0. The van der Waals surface area contributed by atoms with Crippen LogP contribution < -0.4 is 0 Å². The number of allylic oxidation sites excluding steroid dienone is 1. The van der Waals surface area contributed by atoms with Gasteiger partial charge in [-0.3, -0.25) is 0 Å². The third-order valence-electron chi connectivity index (χ3n) is 2.88. The maximum atomic E-state index is 4.03. The number of hydrogen-bond acceptors (Lipinski definition) is 0. The molecule has 0 aliphatic heterocycles. The zero-order chi connectivity index (χ0) is 10.6. The van der Waals surface area contributed by atoms with E-state index in [1.807, 2.05) is 0 Å². The molecule has 0 aromatic carbocycles. The van der Waals surface area contributed by atoms with Crippen molar-refractivity contribution in [1.29, 1.82) is 0 Å². The summed E-state index contributed by atoms with van der Waals surface area (Å²) in [4.78, 5) is 0. The maximum absolute atomic E-state index is 4.03. The fourth-order valence-electron chi connectivity index (χ4n) is 1.69. The van der Waals surface area contributed by atoms with Crippen LogP contribution in [0.5, 0.6) is 0 Å². The summed E-state index contributed by atoms with van der Waals surface area (Å²) in [5, 5.41) is 0. The monoisotopic (exact) mass is 196 g/mol. The lowest BCUT2D eigenvalue weighted by molar-refractivity contribution is 0.573. The first-order chi connectivity index (χ1) is 6.81. The standard InChI is InChI=1S/C14H28/c1-4-6-7-8-9-10-11-12-13-14(3)5-2/h3-13H2,1-2H3. The second kappa shape index (κ2) is 10.8. The predicted octanol–water partition coefficient (Wildman–Crippen LogP) is 5.48. The van der Waals surface area contributed by atoms with Crippen molar-refractivity contribution in [1.82, 2.24) is 0 Å². The van der Waals surface area contributed by atoms with E-state index in [1.165, 1.54) is 63.4 Å². The van der Waals surface area contributed by atoms with Gasteiger partial charge in [0.2, 0.25) is 0 Å². The molecule has 0 heterocycles. The molecule has 0 bridgehead atoms. The van der Waals surface area contributed by atoms with E-state index in [2.05, 4.69) is 20.4 Å². The quantitative estimate of drug-likeness (QED) is 0.320. The van der Waals surface area contributed by atoms with E-state index in [0.29, 0.717) is 0 Å². The van der Waals surface area contributed by atoms with Gasteiger partial charge in [-0.05, 0) is 19.3 Å². The van der Waals surface area contributed by atoms with Crippen LogP contribution in [0.4, 0.5) is 0 Å². The van der Waals surface area contributed by atoms with Gasteiger partial charge in [-0.1, -0.05) is 70.9 Å². The Morgan fingerprint density at radius 3 is 1.79 bits per heavy atom. The van der Waals surface area contributed by atoms with Gasteiger partial charge in [0.1, 0.15) is 0 Å². The summed E-state index contributed by atoms with van der Waals surface area (Å²) < 4.78 is 0. The normalized spacial score (nSPS) is 10.4. The molecule has 0 aliphatic carbocycles. The molecular weight excluding hydrogens is 168 g/mol. The summed E-state index contributed by atoms with van der Waals surface area (Å²) >= 11 is 0. The van der Waals surface area contributed by atoms with Crippen LogP contribution in [0.1, 0.15) is 78.1 Å². The van der Waals surface area contributed by atoms with Crippen molar-refractivity contribution in [2.24, 2.45) is 0 Å². The minimum atomic E-state index is 1.16. The van der Waals surface area contributed by atoms with E-state index in [4.69, 9.17) is 0 Å². The lowest BCUT2D eigenvalue weighted by Gasteiger charge is -2.02.